The number of nitrogens with zero attached hydrogens (tertiary/aromatic N) is 2. The SMILES string of the molecule is Cc1ccn(-c2cccc(Cl)c2CO)n1. The minimum Gasteiger partial charge on any atom is -0.392 e. The van der Waals surface area contributed by atoms with E-state index in [-0.39, 0.29) is 6.61 Å². The van der Waals surface area contributed by atoms with E-state index in [2.05, 4.69) is 5.10 Å². The second kappa shape index (κ2) is 4.04. The molecule has 0 saturated carbocycles. The van der Waals surface area contributed by atoms with Gasteiger partial charge < -0.3 is 5.11 Å². The van der Waals surface area contributed by atoms with Crippen molar-refractivity contribution >= 4 is 11.6 Å². The Morgan fingerprint density at radius 1 is 1.40 bits per heavy atom. The number of halogens is 1. The summed E-state index contributed by atoms with van der Waals surface area (Å²) in [6, 6.07) is 7.38. The zero-order valence-electron chi connectivity index (χ0n) is 8.31. The molecule has 15 heavy (non-hydrogen) atoms. The van der Waals surface area contributed by atoms with Crippen molar-refractivity contribution in [1.29, 1.82) is 0 Å². The van der Waals surface area contributed by atoms with Gasteiger partial charge in [0.05, 0.1) is 18.0 Å². The van der Waals surface area contributed by atoms with Crippen molar-refractivity contribution < 1.29 is 5.11 Å². The smallest absolute Gasteiger partial charge is 0.0717 e. The van der Waals surface area contributed by atoms with Gasteiger partial charge in [0.2, 0.25) is 0 Å². The predicted molar refractivity (Wildman–Crippen MR) is 59.2 cm³/mol. The highest BCUT2D eigenvalue weighted by Crippen LogP contribution is 2.22. The van der Waals surface area contributed by atoms with Crippen LogP contribution in [0.4, 0.5) is 0 Å². The minimum absolute atomic E-state index is 0.0894. The molecule has 0 aliphatic carbocycles. The number of aromatic nitrogens is 2. The maximum absolute atomic E-state index is 9.24. The van der Waals surface area contributed by atoms with Crippen molar-refractivity contribution in [2.45, 2.75) is 13.5 Å². The van der Waals surface area contributed by atoms with Crippen LogP contribution in [-0.2, 0) is 6.61 Å². The van der Waals surface area contributed by atoms with Gasteiger partial charge in [-0.3, -0.25) is 0 Å². The monoisotopic (exact) mass is 222 g/mol. The summed E-state index contributed by atoms with van der Waals surface area (Å²) in [6.07, 6.45) is 1.85. The van der Waals surface area contributed by atoms with Crippen LogP contribution in [-0.4, -0.2) is 14.9 Å². The zero-order chi connectivity index (χ0) is 10.8. The lowest BCUT2D eigenvalue weighted by molar-refractivity contribution is 0.281. The lowest BCUT2D eigenvalue weighted by atomic mass is 10.2. The van der Waals surface area contributed by atoms with Gasteiger partial charge in [0.1, 0.15) is 0 Å². The molecule has 0 saturated heterocycles. The maximum Gasteiger partial charge on any atom is 0.0717 e. The standard InChI is InChI=1S/C11H11ClN2O/c1-8-5-6-14(13-8)11-4-2-3-10(12)9(11)7-15/h2-6,15H,7H2,1H3. The molecule has 0 unspecified atom stereocenters. The molecule has 2 aromatic rings. The van der Waals surface area contributed by atoms with E-state index in [1.807, 2.05) is 31.3 Å². The molecule has 1 N–H and O–H groups in total. The summed E-state index contributed by atoms with van der Waals surface area (Å²) in [5, 5.41) is 14.1. The van der Waals surface area contributed by atoms with Crippen LogP contribution >= 0.6 is 11.6 Å². The van der Waals surface area contributed by atoms with E-state index in [0.717, 1.165) is 11.4 Å². The second-order valence-electron chi connectivity index (χ2n) is 3.30. The second-order valence-corrected chi connectivity index (χ2v) is 3.70. The number of rotatable bonds is 2. The third-order valence-corrected chi connectivity index (χ3v) is 2.58. The molecule has 0 amide bonds. The topological polar surface area (TPSA) is 38.0 Å². The first-order valence-corrected chi connectivity index (χ1v) is 5.01. The van der Waals surface area contributed by atoms with Gasteiger partial charge >= 0.3 is 0 Å². The Morgan fingerprint density at radius 3 is 2.80 bits per heavy atom. The van der Waals surface area contributed by atoms with Crippen molar-refractivity contribution in [2.75, 3.05) is 0 Å². The van der Waals surface area contributed by atoms with Crippen molar-refractivity contribution in [1.82, 2.24) is 9.78 Å². The fraction of sp³-hybridized carbons (Fsp3) is 0.182. The molecule has 0 fully saturated rings. The molecule has 0 bridgehead atoms. The average molecular weight is 223 g/mol. The molecule has 0 radical (unpaired) electrons. The normalized spacial score (nSPS) is 10.6. The molecule has 3 nitrogen and oxygen atoms in total. The van der Waals surface area contributed by atoms with Gasteiger partial charge in [-0.25, -0.2) is 4.68 Å². The molecule has 4 heteroatoms. The molecule has 1 aromatic carbocycles. The molecule has 1 aromatic heterocycles. The van der Waals surface area contributed by atoms with E-state index in [1.54, 1.807) is 10.7 Å². The number of aliphatic hydroxyl groups is 1. The largest absolute Gasteiger partial charge is 0.392 e. The van der Waals surface area contributed by atoms with Gasteiger partial charge in [-0.1, -0.05) is 17.7 Å². The van der Waals surface area contributed by atoms with Crippen LogP contribution in [0, 0.1) is 6.92 Å². The highest BCUT2D eigenvalue weighted by molar-refractivity contribution is 6.31. The lowest BCUT2D eigenvalue weighted by Crippen LogP contribution is -2.01. The minimum atomic E-state index is -0.0894. The predicted octanol–water partition coefficient (Wildman–Crippen LogP) is 2.33. The highest BCUT2D eigenvalue weighted by atomic mass is 35.5. The van der Waals surface area contributed by atoms with Crippen LogP contribution in [0.1, 0.15) is 11.3 Å². The van der Waals surface area contributed by atoms with Crippen molar-refractivity contribution in [3.8, 4) is 5.69 Å². The molecule has 1 heterocycles. The number of aliphatic hydroxyl groups excluding tert-OH is 1. The Kier molecular flexibility index (Phi) is 2.75. The summed E-state index contributed by atoms with van der Waals surface area (Å²) in [5.74, 6) is 0. The molecular formula is C11H11ClN2O. The van der Waals surface area contributed by atoms with Crippen LogP contribution in [0.5, 0.6) is 0 Å². The van der Waals surface area contributed by atoms with Crippen LogP contribution < -0.4 is 0 Å². The third kappa shape index (κ3) is 1.89. The molecule has 0 aliphatic rings. The maximum atomic E-state index is 9.24. The Morgan fingerprint density at radius 2 is 2.20 bits per heavy atom. The molecule has 0 spiro atoms. The Balaban J connectivity index is 2.57. The summed E-state index contributed by atoms with van der Waals surface area (Å²) in [4.78, 5) is 0. The van der Waals surface area contributed by atoms with Crippen LogP contribution in [0.15, 0.2) is 30.5 Å². The Bertz CT molecular complexity index is 479. The van der Waals surface area contributed by atoms with E-state index in [4.69, 9.17) is 11.6 Å². The molecule has 0 aliphatic heterocycles. The summed E-state index contributed by atoms with van der Waals surface area (Å²) >= 11 is 5.99. The quantitative estimate of drug-likeness (QED) is 0.847. The zero-order valence-corrected chi connectivity index (χ0v) is 9.07. The third-order valence-electron chi connectivity index (χ3n) is 2.22. The first kappa shape index (κ1) is 10.2. The van der Waals surface area contributed by atoms with Crippen LogP contribution in [0.25, 0.3) is 5.69 Å². The fourth-order valence-corrected chi connectivity index (χ4v) is 1.70. The van der Waals surface area contributed by atoms with Gasteiger partial charge in [-0.05, 0) is 25.1 Å². The summed E-state index contributed by atoms with van der Waals surface area (Å²) in [7, 11) is 0. The number of aryl methyl sites for hydroxylation is 1. The van der Waals surface area contributed by atoms with E-state index >= 15 is 0 Å². The van der Waals surface area contributed by atoms with Crippen LogP contribution in [0.2, 0.25) is 5.02 Å². The Hall–Kier alpha value is -1.32. The van der Waals surface area contributed by atoms with E-state index in [9.17, 15) is 5.11 Å². The first-order valence-electron chi connectivity index (χ1n) is 4.63. The van der Waals surface area contributed by atoms with Gasteiger partial charge in [-0.15, -0.1) is 0 Å². The van der Waals surface area contributed by atoms with E-state index in [1.165, 1.54) is 0 Å². The van der Waals surface area contributed by atoms with Crippen molar-refractivity contribution in [3.63, 3.8) is 0 Å². The van der Waals surface area contributed by atoms with Crippen LogP contribution in [0.3, 0.4) is 0 Å². The first-order chi connectivity index (χ1) is 7.22. The van der Waals surface area contributed by atoms with Gasteiger partial charge in [-0.2, -0.15) is 5.10 Å². The number of benzene rings is 1. The number of hydrogen-bond donors (Lipinski definition) is 1. The van der Waals surface area contributed by atoms with Crippen molar-refractivity contribution in [2.24, 2.45) is 0 Å². The summed E-state index contributed by atoms with van der Waals surface area (Å²) in [6.45, 7) is 1.83. The molecule has 2 rings (SSSR count). The molecule has 0 atom stereocenters. The Labute approximate surface area is 92.9 Å². The molecular weight excluding hydrogens is 212 g/mol. The van der Waals surface area contributed by atoms with Gasteiger partial charge in [0.15, 0.2) is 0 Å². The summed E-state index contributed by atoms with van der Waals surface area (Å²) in [5.41, 5.74) is 2.44. The van der Waals surface area contributed by atoms with E-state index in [0.29, 0.717) is 10.6 Å². The fourth-order valence-electron chi connectivity index (χ4n) is 1.47. The van der Waals surface area contributed by atoms with Gasteiger partial charge in [0, 0.05) is 16.8 Å². The highest BCUT2D eigenvalue weighted by Gasteiger charge is 2.08. The average Bonchev–Trinajstić information content (AvgIpc) is 2.64. The molecule has 78 valence electrons. The number of hydrogen-bond acceptors (Lipinski definition) is 2. The van der Waals surface area contributed by atoms with Crippen molar-refractivity contribution in [3.05, 3.63) is 46.7 Å². The summed E-state index contributed by atoms with van der Waals surface area (Å²) < 4.78 is 1.72. The van der Waals surface area contributed by atoms with Gasteiger partial charge in [0.25, 0.3) is 0 Å². The van der Waals surface area contributed by atoms with E-state index < -0.39 is 0 Å². The lowest BCUT2D eigenvalue weighted by Gasteiger charge is -2.08.